The van der Waals surface area contributed by atoms with E-state index >= 15 is 0 Å². The van der Waals surface area contributed by atoms with Crippen LogP contribution in [-0.2, 0) is 9.47 Å². The Kier molecular flexibility index (Phi) is 16.1. The predicted octanol–water partition coefficient (Wildman–Crippen LogP) is 8.18. The molecular formula is C34H50O10. The molecule has 0 heterocycles. The van der Waals surface area contributed by atoms with Gasteiger partial charge in [0.2, 0.25) is 11.5 Å². The fourth-order valence-corrected chi connectivity index (χ4v) is 5.07. The van der Waals surface area contributed by atoms with E-state index in [0.29, 0.717) is 12.8 Å². The van der Waals surface area contributed by atoms with Crippen LogP contribution in [0.5, 0.6) is 34.5 Å². The minimum absolute atomic E-state index is 0.0376. The molecule has 2 aromatic rings. The summed E-state index contributed by atoms with van der Waals surface area (Å²) in [5, 5.41) is 62.5. The number of esters is 2. The molecule has 0 radical (unpaired) electrons. The fourth-order valence-electron chi connectivity index (χ4n) is 5.07. The highest BCUT2D eigenvalue weighted by atomic mass is 16.5. The normalized spacial score (nSPS) is 11.0. The van der Waals surface area contributed by atoms with E-state index in [1.807, 2.05) is 0 Å². The Morgan fingerprint density at radius 3 is 1.09 bits per heavy atom. The first kappa shape index (κ1) is 36.4. The van der Waals surface area contributed by atoms with Gasteiger partial charge in [-0.2, -0.15) is 0 Å². The van der Waals surface area contributed by atoms with Gasteiger partial charge in [0.15, 0.2) is 23.0 Å². The molecule has 6 N–H and O–H groups in total. The van der Waals surface area contributed by atoms with Crippen molar-refractivity contribution in [1.82, 2.24) is 0 Å². The topological polar surface area (TPSA) is 174 Å². The second kappa shape index (κ2) is 19.5. The summed E-state index contributed by atoms with van der Waals surface area (Å²) in [5.74, 6) is -7.81. The number of ether oxygens (including phenoxy) is 2. The number of carbonyl (C=O) groups is 2. The van der Waals surface area contributed by atoms with Crippen LogP contribution in [0, 0.1) is 0 Å². The molecule has 0 fully saturated rings. The quantitative estimate of drug-likeness (QED) is 0.0455. The molecule has 0 bridgehead atoms. The zero-order valence-corrected chi connectivity index (χ0v) is 26.2. The molecule has 0 unspecified atom stereocenters. The lowest BCUT2D eigenvalue weighted by molar-refractivity contribution is 0.0485. The van der Waals surface area contributed by atoms with Crippen molar-refractivity contribution in [3.8, 4) is 45.6 Å². The van der Waals surface area contributed by atoms with Crippen molar-refractivity contribution in [1.29, 1.82) is 0 Å². The van der Waals surface area contributed by atoms with Crippen LogP contribution in [0.25, 0.3) is 11.1 Å². The van der Waals surface area contributed by atoms with Crippen LogP contribution < -0.4 is 0 Å². The number of benzene rings is 2. The van der Waals surface area contributed by atoms with Gasteiger partial charge in [-0.15, -0.1) is 0 Å². The van der Waals surface area contributed by atoms with Crippen molar-refractivity contribution in [2.24, 2.45) is 0 Å². The summed E-state index contributed by atoms with van der Waals surface area (Å²) in [5.41, 5.74) is -2.11. The first-order valence-electron chi connectivity index (χ1n) is 16.1. The summed E-state index contributed by atoms with van der Waals surface area (Å²) in [6.45, 7) is 4.39. The Hall–Kier alpha value is -3.82. The van der Waals surface area contributed by atoms with Crippen molar-refractivity contribution in [2.75, 3.05) is 13.2 Å². The summed E-state index contributed by atoms with van der Waals surface area (Å²) < 4.78 is 10.7. The van der Waals surface area contributed by atoms with E-state index in [4.69, 9.17) is 9.47 Å². The van der Waals surface area contributed by atoms with Gasteiger partial charge in [0.05, 0.1) is 24.3 Å². The number of hydrogen-bond donors (Lipinski definition) is 6. The van der Waals surface area contributed by atoms with Crippen LogP contribution in [0.1, 0.15) is 137 Å². The molecule has 0 saturated heterocycles. The first-order valence-corrected chi connectivity index (χ1v) is 16.1. The number of phenolic OH excluding ortho intramolecular Hbond substituents is 6. The second-order valence-corrected chi connectivity index (χ2v) is 11.3. The standard InChI is InChI=1S/C34H50O10/c1-3-5-7-9-11-13-15-17-19-43-33(41)23-21-25(35)29(37)31(39)27(23)28-24(22-26(36)30(38)32(28)40)34(42)44-20-18-16-14-12-10-8-6-4-2/h21-22,35-40H,3-20H2,1-2H3. The van der Waals surface area contributed by atoms with Gasteiger partial charge in [-0.1, -0.05) is 104 Å². The molecule has 0 amide bonds. The van der Waals surface area contributed by atoms with Crippen molar-refractivity contribution in [3.63, 3.8) is 0 Å². The minimum Gasteiger partial charge on any atom is -0.504 e. The fraction of sp³-hybridized carbons (Fsp3) is 0.588. The highest BCUT2D eigenvalue weighted by molar-refractivity contribution is 6.08. The van der Waals surface area contributed by atoms with Crippen molar-refractivity contribution >= 4 is 11.9 Å². The van der Waals surface area contributed by atoms with Gasteiger partial charge in [-0.25, -0.2) is 9.59 Å². The van der Waals surface area contributed by atoms with Crippen molar-refractivity contribution in [3.05, 3.63) is 23.3 Å². The number of carbonyl (C=O) groups excluding carboxylic acids is 2. The van der Waals surface area contributed by atoms with Crippen LogP contribution in [0.15, 0.2) is 12.1 Å². The van der Waals surface area contributed by atoms with Crippen LogP contribution in [-0.4, -0.2) is 55.8 Å². The molecule has 0 saturated carbocycles. The maximum atomic E-state index is 13.1. The van der Waals surface area contributed by atoms with Crippen LogP contribution >= 0.6 is 0 Å². The Morgan fingerprint density at radius 2 is 0.773 bits per heavy atom. The second-order valence-electron chi connectivity index (χ2n) is 11.3. The van der Waals surface area contributed by atoms with Gasteiger partial charge in [-0.3, -0.25) is 0 Å². The lowest BCUT2D eigenvalue weighted by Crippen LogP contribution is -2.12. The van der Waals surface area contributed by atoms with Gasteiger partial charge in [0, 0.05) is 11.1 Å². The average molecular weight is 619 g/mol. The molecular weight excluding hydrogens is 568 g/mol. The van der Waals surface area contributed by atoms with E-state index in [9.17, 15) is 40.2 Å². The van der Waals surface area contributed by atoms with Gasteiger partial charge in [0.1, 0.15) is 0 Å². The number of phenols is 6. The van der Waals surface area contributed by atoms with Gasteiger partial charge < -0.3 is 40.1 Å². The highest BCUT2D eigenvalue weighted by Crippen LogP contribution is 2.52. The van der Waals surface area contributed by atoms with Crippen molar-refractivity contribution in [2.45, 2.75) is 117 Å². The lowest BCUT2D eigenvalue weighted by atomic mass is 9.92. The highest BCUT2D eigenvalue weighted by Gasteiger charge is 2.32. The number of rotatable bonds is 21. The van der Waals surface area contributed by atoms with E-state index in [0.717, 1.165) is 63.5 Å². The molecule has 0 aliphatic heterocycles. The Morgan fingerprint density at radius 1 is 0.477 bits per heavy atom. The number of aromatic hydroxyl groups is 6. The molecule has 0 aliphatic rings. The van der Waals surface area contributed by atoms with Crippen LogP contribution in [0.4, 0.5) is 0 Å². The SMILES string of the molecule is CCCCCCCCCCOC(=O)c1cc(O)c(O)c(O)c1-c1c(C(=O)OCCCCCCCCCC)cc(O)c(O)c1O. The van der Waals surface area contributed by atoms with E-state index in [1.165, 1.54) is 38.5 Å². The summed E-state index contributed by atoms with van der Waals surface area (Å²) in [6, 6.07) is 1.67. The Balaban J connectivity index is 2.22. The first-order chi connectivity index (χ1) is 21.1. The van der Waals surface area contributed by atoms with E-state index in [1.54, 1.807) is 0 Å². The molecule has 44 heavy (non-hydrogen) atoms. The van der Waals surface area contributed by atoms with E-state index in [-0.39, 0.29) is 13.2 Å². The molecule has 0 atom stereocenters. The third-order valence-corrected chi connectivity index (χ3v) is 7.66. The van der Waals surface area contributed by atoms with Gasteiger partial charge >= 0.3 is 11.9 Å². The molecule has 0 spiro atoms. The molecule has 246 valence electrons. The zero-order chi connectivity index (χ0) is 32.5. The largest absolute Gasteiger partial charge is 0.504 e. The maximum absolute atomic E-state index is 13.1. The molecule has 10 nitrogen and oxygen atoms in total. The van der Waals surface area contributed by atoms with E-state index in [2.05, 4.69) is 13.8 Å². The summed E-state index contributed by atoms with van der Waals surface area (Å²) in [6.07, 6.45) is 16.4. The Labute approximate surface area is 260 Å². The van der Waals surface area contributed by atoms with Crippen molar-refractivity contribution < 1.29 is 49.7 Å². The van der Waals surface area contributed by atoms with Gasteiger partial charge in [0.25, 0.3) is 0 Å². The van der Waals surface area contributed by atoms with Crippen LogP contribution in [0.3, 0.4) is 0 Å². The molecule has 2 aromatic carbocycles. The van der Waals surface area contributed by atoms with E-state index < -0.39 is 68.7 Å². The van der Waals surface area contributed by atoms with Crippen LogP contribution in [0.2, 0.25) is 0 Å². The zero-order valence-electron chi connectivity index (χ0n) is 26.2. The molecule has 2 rings (SSSR count). The molecule has 0 aromatic heterocycles. The summed E-state index contributed by atoms with van der Waals surface area (Å²) >= 11 is 0. The average Bonchev–Trinajstić information content (AvgIpc) is 3.01. The third kappa shape index (κ3) is 10.7. The summed E-state index contributed by atoms with van der Waals surface area (Å²) in [7, 11) is 0. The number of unbranched alkanes of at least 4 members (excludes halogenated alkanes) is 14. The third-order valence-electron chi connectivity index (χ3n) is 7.66. The Bertz CT molecular complexity index is 1110. The smallest absolute Gasteiger partial charge is 0.339 e. The minimum atomic E-state index is -1.04. The molecule has 0 aliphatic carbocycles. The summed E-state index contributed by atoms with van der Waals surface area (Å²) in [4.78, 5) is 26.3. The predicted molar refractivity (Wildman–Crippen MR) is 168 cm³/mol. The number of hydrogen-bond acceptors (Lipinski definition) is 10. The lowest BCUT2D eigenvalue weighted by Gasteiger charge is -2.18. The molecule has 10 heteroatoms. The van der Waals surface area contributed by atoms with Gasteiger partial charge in [-0.05, 0) is 25.0 Å². The monoisotopic (exact) mass is 618 g/mol. The maximum Gasteiger partial charge on any atom is 0.339 e.